The summed E-state index contributed by atoms with van der Waals surface area (Å²) in [6, 6.07) is 0. The van der Waals surface area contributed by atoms with Crippen LogP contribution < -0.4 is 0 Å². The molecule has 0 aliphatic carbocycles. The molecule has 31 heavy (non-hydrogen) atoms. The van der Waals surface area contributed by atoms with E-state index in [-0.39, 0.29) is 16.7 Å². The zero-order chi connectivity index (χ0) is 24.8. The molecule has 0 aromatic carbocycles. The molecule has 0 saturated heterocycles. The lowest BCUT2D eigenvalue weighted by atomic mass is 10.3. The Morgan fingerprint density at radius 2 is 0.742 bits per heavy atom. The van der Waals surface area contributed by atoms with E-state index in [1.165, 1.54) is 62.3 Å². The van der Waals surface area contributed by atoms with Crippen molar-refractivity contribution in [3.8, 4) is 0 Å². The van der Waals surface area contributed by atoms with Gasteiger partial charge in [0.2, 0.25) is 17.4 Å². The number of hydrogen-bond acceptors (Lipinski definition) is 9. The highest BCUT2D eigenvalue weighted by atomic mass is 31.2. The lowest BCUT2D eigenvalue weighted by Crippen LogP contribution is -2.37. The number of carbonyl (C=O) groups is 3. The molecule has 176 valence electrons. The van der Waals surface area contributed by atoms with Crippen LogP contribution in [0.15, 0.2) is 36.5 Å². The highest BCUT2D eigenvalue weighted by Gasteiger charge is 2.40. The van der Waals surface area contributed by atoms with Gasteiger partial charge in [-0.25, -0.2) is 14.4 Å². The summed E-state index contributed by atoms with van der Waals surface area (Å²) in [4.78, 5) is 35.8. The van der Waals surface area contributed by atoms with Crippen LogP contribution in [0.1, 0.15) is 62.3 Å². The van der Waals surface area contributed by atoms with Gasteiger partial charge in [-0.3, -0.25) is 13.6 Å². The first-order valence-corrected chi connectivity index (χ1v) is 10.4. The molecule has 0 saturated carbocycles. The Bertz CT molecular complexity index is 650. The normalized spacial score (nSPS) is 12.2. The second kappa shape index (κ2) is 11.0. The Morgan fingerprint density at radius 3 is 0.903 bits per heavy atom. The van der Waals surface area contributed by atoms with E-state index in [0.717, 1.165) is 0 Å². The molecule has 0 aliphatic rings. The quantitative estimate of drug-likeness (QED) is 0.133. The van der Waals surface area contributed by atoms with Crippen LogP contribution in [-0.2, 0) is 42.2 Å². The summed E-state index contributed by atoms with van der Waals surface area (Å²) in [6.07, 6.45) is 0. The Labute approximate surface area is 185 Å². The fourth-order valence-electron chi connectivity index (χ4n) is 1.58. The van der Waals surface area contributed by atoms with Gasteiger partial charge in [0.25, 0.3) is 0 Å². The van der Waals surface area contributed by atoms with Crippen molar-refractivity contribution < 1.29 is 42.2 Å². The predicted octanol–water partition coefficient (Wildman–Crippen LogP) is 4.83. The van der Waals surface area contributed by atoms with Crippen molar-refractivity contribution in [2.45, 2.75) is 79.7 Å². The van der Waals surface area contributed by atoms with Crippen molar-refractivity contribution in [2.75, 3.05) is 0 Å². The van der Waals surface area contributed by atoms with Crippen molar-refractivity contribution >= 4 is 26.5 Å². The molecule has 0 fully saturated rings. The summed E-state index contributed by atoms with van der Waals surface area (Å²) in [5.74, 6) is -6.65. The Balaban J connectivity index is 5.69. The SMILES string of the molecule is C=C(C)C(=O)OC(C)(C)OP(OC(C)(C)OC(=O)C(=C)C)OC(C)(C)OC(=O)C(=C)C. The van der Waals surface area contributed by atoms with E-state index in [1.807, 2.05) is 0 Å². The molecule has 0 N–H and O–H groups in total. The minimum atomic E-state index is -2.40. The van der Waals surface area contributed by atoms with Crippen molar-refractivity contribution in [2.24, 2.45) is 0 Å². The average molecular weight is 460 g/mol. The summed E-state index contributed by atoms with van der Waals surface area (Å²) >= 11 is 0. The third kappa shape index (κ3) is 11.8. The third-order valence-corrected chi connectivity index (χ3v) is 4.71. The minimum Gasteiger partial charge on any atom is -0.430 e. The lowest BCUT2D eigenvalue weighted by molar-refractivity contribution is -0.214. The highest BCUT2D eigenvalue weighted by molar-refractivity contribution is 7.41. The molecular weight excluding hydrogens is 427 g/mol. The number of carbonyl (C=O) groups excluding carboxylic acids is 3. The van der Waals surface area contributed by atoms with Crippen molar-refractivity contribution in [1.82, 2.24) is 0 Å². The number of rotatable bonds is 12. The Hall–Kier alpha value is -2.06. The van der Waals surface area contributed by atoms with Crippen LogP contribution in [0.5, 0.6) is 0 Å². The Kier molecular flexibility index (Phi) is 10.3. The van der Waals surface area contributed by atoms with E-state index in [1.54, 1.807) is 0 Å². The standard InChI is InChI=1S/C21H33O9P/c1-13(2)16(22)25-19(7,8)28-31(29-20(9,10)26-17(23)14(3)4)30-21(11,12)27-18(24)15(5)6/h1,3,5H2,2,4,6-12H3. The topological polar surface area (TPSA) is 107 Å². The monoisotopic (exact) mass is 460 g/mol. The summed E-state index contributed by atoms with van der Waals surface area (Å²) in [5, 5.41) is 0. The van der Waals surface area contributed by atoms with Gasteiger partial charge in [-0.05, 0) is 20.8 Å². The van der Waals surface area contributed by atoms with Gasteiger partial charge in [-0.2, -0.15) is 0 Å². The largest absolute Gasteiger partial charge is 0.430 e. The molecule has 0 unspecified atom stereocenters. The molecular formula is C21H33O9P. The molecule has 0 amide bonds. The van der Waals surface area contributed by atoms with Gasteiger partial charge in [-0.1, -0.05) is 19.7 Å². The fraction of sp³-hybridized carbons (Fsp3) is 0.571. The molecule has 0 spiro atoms. The zero-order valence-electron chi connectivity index (χ0n) is 19.7. The van der Waals surface area contributed by atoms with E-state index < -0.39 is 43.9 Å². The third-order valence-electron chi connectivity index (χ3n) is 2.94. The molecule has 0 bridgehead atoms. The van der Waals surface area contributed by atoms with E-state index in [0.29, 0.717) is 0 Å². The summed E-state index contributed by atoms with van der Waals surface area (Å²) in [7, 11) is -2.40. The molecule has 0 radical (unpaired) electrons. The van der Waals surface area contributed by atoms with Crippen LogP contribution in [0.4, 0.5) is 0 Å². The zero-order valence-corrected chi connectivity index (χ0v) is 20.6. The van der Waals surface area contributed by atoms with Crippen LogP contribution in [0.2, 0.25) is 0 Å². The average Bonchev–Trinajstić information content (AvgIpc) is 2.51. The Morgan fingerprint density at radius 1 is 0.548 bits per heavy atom. The summed E-state index contributed by atoms with van der Waals surface area (Å²) < 4.78 is 32.9. The first-order valence-electron chi connectivity index (χ1n) is 9.31. The van der Waals surface area contributed by atoms with Crippen molar-refractivity contribution in [3.63, 3.8) is 0 Å². The van der Waals surface area contributed by atoms with E-state index in [2.05, 4.69) is 19.7 Å². The minimum absolute atomic E-state index is 0.161. The van der Waals surface area contributed by atoms with Crippen molar-refractivity contribution in [1.29, 1.82) is 0 Å². The van der Waals surface area contributed by atoms with Gasteiger partial charge < -0.3 is 14.2 Å². The first kappa shape index (κ1) is 28.9. The van der Waals surface area contributed by atoms with E-state index in [9.17, 15) is 14.4 Å². The number of ether oxygens (including phenoxy) is 3. The molecule has 0 aromatic heterocycles. The molecule has 9 nitrogen and oxygen atoms in total. The molecule has 0 rings (SSSR count). The molecule has 0 atom stereocenters. The van der Waals surface area contributed by atoms with Gasteiger partial charge in [0.05, 0.1) is 0 Å². The smallest absolute Gasteiger partial charge is 0.343 e. The molecule has 0 heterocycles. The van der Waals surface area contributed by atoms with Crippen LogP contribution in [0.3, 0.4) is 0 Å². The number of hydrogen-bond donors (Lipinski definition) is 0. The van der Waals surface area contributed by atoms with Crippen LogP contribution in [0.25, 0.3) is 0 Å². The van der Waals surface area contributed by atoms with Gasteiger partial charge in [0, 0.05) is 58.3 Å². The summed E-state index contributed by atoms with van der Waals surface area (Å²) in [6.45, 7) is 23.7. The van der Waals surface area contributed by atoms with E-state index >= 15 is 0 Å². The van der Waals surface area contributed by atoms with E-state index in [4.69, 9.17) is 27.8 Å². The summed E-state index contributed by atoms with van der Waals surface area (Å²) in [5.41, 5.74) is 0.484. The molecule has 0 aromatic rings. The maximum Gasteiger partial charge on any atom is 0.343 e. The number of esters is 3. The van der Waals surface area contributed by atoms with Gasteiger partial charge in [0.1, 0.15) is 0 Å². The van der Waals surface area contributed by atoms with Gasteiger partial charge >= 0.3 is 26.5 Å². The first-order chi connectivity index (χ1) is 13.8. The fourth-order valence-corrected chi connectivity index (χ4v) is 2.88. The maximum absolute atomic E-state index is 11.9. The highest BCUT2D eigenvalue weighted by Crippen LogP contribution is 2.51. The predicted molar refractivity (Wildman–Crippen MR) is 115 cm³/mol. The molecule has 0 aliphatic heterocycles. The van der Waals surface area contributed by atoms with Crippen LogP contribution >= 0.6 is 8.60 Å². The second-order valence-corrected chi connectivity index (χ2v) is 9.20. The second-order valence-electron chi connectivity index (χ2n) is 8.21. The lowest BCUT2D eigenvalue weighted by Gasteiger charge is -2.36. The molecule has 10 heteroatoms. The maximum atomic E-state index is 11.9. The van der Waals surface area contributed by atoms with Crippen LogP contribution in [-0.4, -0.2) is 35.3 Å². The van der Waals surface area contributed by atoms with Crippen molar-refractivity contribution in [3.05, 3.63) is 36.5 Å². The van der Waals surface area contributed by atoms with Gasteiger partial charge in [0.15, 0.2) is 0 Å². The van der Waals surface area contributed by atoms with Crippen LogP contribution in [0, 0.1) is 0 Å². The van der Waals surface area contributed by atoms with Gasteiger partial charge in [-0.15, -0.1) is 0 Å².